The highest BCUT2D eigenvalue weighted by Gasteiger charge is 2.32. The van der Waals surface area contributed by atoms with E-state index in [0.717, 1.165) is 0 Å². The number of nitrogens with one attached hydrogen (secondary N) is 1. The Kier molecular flexibility index (Phi) is 4.00. The molecule has 1 aromatic rings. The summed E-state index contributed by atoms with van der Waals surface area (Å²) in [6.45, 7) is 6.77. The molecule has 1 rings (SSSR count). The van der Waals surface area contributed by atoms with E-state index in [1.807, 2.05) is 0 Å². The van der Waals surface area contributed by atoms with Crippen LogP contribution in [0.25, 0.3) is 0 Å². The number of ether oxygens (including phenoxy) is 1. The molecule has 98 valence electrons. The Bertz CT molecular complexity index is 428. The van der Waals surface area contributed by atoms with E-state index in [4.69, 9.17) is 4.74 Å². The van der Waals surface area contributed by atoms with Gasteiger partial charge in [-0.1, -0.05) is 0 Å². The molecule has 0 spiro atoms. The second-order valence-electron chi connectivity index (χ2n) is 5.04. The third-order valence-corrected chi connectivity index (χ3v) is 2.09. The minimum atomic E-state index is -1.25. The fourth-order valence-electron chi connectivity index (χ4n) is 1.24. The lowest BCUT2D eigenvalue weighted by molar-refractivity contribution is -0.113. The zero-order valence-electron chi connectivity index (χ0n) is 10.9. The van der Waals surface area contributed by atoms with Crippen molar-refractivity contribution in [3.05, 3.63) is 24.3 Å². The quantitative estimate of drug-likeness (QED) is 0.821. The van der Waals surface area contributed by atoms with Gasteiger partial charge in [0, 0.05) is 12.4 Å². The summed E-state index contributed by atoms with van der Waals surface area (Å²) in [6.07, 6.45) is 4.28. The van der Waals surface area contributed by atoms with Gasteiger partial charge in [-0.3, -0.25) is 9.97 Å². The molecule has 1 heterocycles. The molecule has 1 amide bonds. The maximum absolute atomic E-state index is 11.7. The van der Waals surface area contributed by atoms with E-state index >= 15 is 0 Å². The molecule has 0 bridgehead atoms. The van der Waals surface area contributed by atoms with Gasteiger partial charge in [-0.2, -0.15) is 0 Å². The lowest BCUT2D eigenvalue weighted by atomic mass is 10.0. The monoisotopic (exact) mass is 251 g/mol. The molecule has 6 nitrogen and oxygen atoms in total. The van der Waals surface area contributed by atoms with Crippen LogP contribution >= 0.6 is 0 Å². The molecular formula is C12H17N3O3. The van der Waals surface area contributed by atoms with Crippen molar-refractivity contribution in [2.24, 2.45) is 0 Å². The molecule has 0 aromatic carbocycles. The van der Waals surface area contributed by atoms with Crippen LogP contribution in [0.2, 0.25) is 0 Å². The van der Waals surface area contributed by atoms with Crippen molar-refractivity contribution < 1.29 is 14.3 Å². The Labute approximate surface area is 106 Å². The first kappa shape index (κ1) is 14.1. The van der Waals surface area contributed by atoms with Crippen molar-refractivity contribution in [3.8, 4) is 0 Å². The molecule has 0 radical (unpaired) electrons. The maximum Gasteiger partial charge on any atom is 0.408 e. The predicted molar refractivity (Wildman–Crippen MR) is 64.8 cm³/mol. The maximum atomic E-state index is 11.7. The summed E-state index contributed by atoms with van der Waals surface area (Å²) in [4.78, 5) is 30.7. The van der Waals surface area contributed by atoms with Gasteiger partial charge < -0.3 is 14.8 Å². The van der Waals surface area contributed by atoms with Crippen molar-refractivity contribution >= 4 is 12.4 Å². The van der Waals surface area contributed by atoms with Crippen LogP contribution in [-0.4, -0.2) is 27.9 Å². The van der Waals surface area contributed by atoms with E-state index in [9.17, 15) is 9.59 Å². The van der Waals surface area contributed by atoms with Gasteiger partial charge in [0.2, 0.25) is 0 Å². The number of hydrogen-bond donors (Lipinski definition) is 1. The second kappa shape index (κ2) is 5.12. The molecule has 0 saturated heterocycles. The minimum Gasteiger partial charge on any atom is -0.444 e. The van der Waals surface area contributed by atoms with Gasteiger partial charge in [-0.05, 0) is 27.7 Å². The van der Waals surface area contributed by atoms with E-state index in [0.29, 0.717) is 12.0 Å². The van der Waals surface area contributed by atoms with E-state index in [1.54, 1.807) is 20.8 Å². The minimum absolute atomic E-state index is 0.353. The summed E-state index contributed by atoms with van der Waals surface area (Å²) in [6, 6.07) is 0. The molecule has 18 heavy (non-hydrogen) atoms. The first-order valence-electron chi connectivity index (χ1n) is 5.51. The van der Waals surface area contributed by atoms with Crippen molar-refractivity contribution in [3.63, 3.8) is 0 Å². The molecule has 1 N–H and O–H groups in total. The van der Waals surface area contributed by atoms with Gasteiger partial charge in [-0.15, -0.1) is 0 Å². The summed E-state index contributed by atoms with van der Waals surface area (Å²) in [5, 5.41) is 2.48. The molecule has 1 aromatic heterocycles. The average molecular weight is 251 g/mol. The first-order valence-corrected chi connectivity index (χ1v) is 5.51. The van der Waals surface area contributed by atoms with Gasteiger partial charge in [-0.25, -0.2) is 4.79 Å². The topological polar surface area (TPSA) is 81.2 Å². The first-order chi connectivity index (χ1) is 8.27. The predicted octanol–water partition coefficient (Wildman–Crippen LogP) is 1.42. The smallest absolute Gasteiger partial charge is 0.408 e. The fourth-order valence-corrected chi connectivity index (χ4v) is 1.24. The second-order valence-corrected chi connectivity index (χ2v) is 5.04. The van der Waals surface area contributed by atoms with Gasteiger partial charge in [0.25, 0.3) is 0 Å². The third kappa shape index (κ3) is 3.80. The van der Waals surface area contributed by atoms with Crippen molar-refractivity contribution in [2.45, 2.75) is 38.8 Å². The zero-order chi connectivity index (χ0) is 13.8. The molecule has 0 saturated carbocycles. The summed E-state index contributed by atoms with van der Waals surface area (Å²) < 4.78 is 5.10. The van der Waals surface area contributed by atoms with E-state index in [-0.39, 0.29) is 0 Å². The van der Waals surface area contributed by atoms with Crippen LogP contribution in [0.5, 0.6) is 0 Å². The Balaban J connectivity index is 2.85. The standard InChI is InChI=1S/C12H17N3O3/c1-11(2,3)18-10(17)15-12(4,8-16)9-7-13-5-6-14-9/h5-8H,1-4H3,(H,15,17). The number of alkyl carbamates (subject to hydrolysis) is 1. The van der Waals surface area contributed by atoms with Crippen molar-refractivity contribution in [2.75, 3.05) is 0 Å². The highest BCUT2D eigenvalue weighted by atomic mass is 16.6. The number of carbonyl (C=O) groups is 2. The Morgan fingerprint density at radius 2 is 2.00 bits per heavy atom. The van der Waals surface area contributed by atoms with Crippen LogP contribution < -0.4 is 5.32 Å². The number of nitrogens with zero attached hydrogens (tertiary/aromatic N) is 2. The molecule has 1 atom stereocenters. The van der Waals surface area contributed by atoms with Crippen LogP contribution in [0.1, 0.15) is 33.4 Å². The normalized spacial score (nSPS) is 14.4. The van der Waals surface area contributed by atoms with Crippen molar-refractivity contribution in [1.29, 1.82) is 0 Å². The van der Waals surface area contributed by atoms with Gasteiger partial charge in [0.15, 0.2) is 6.29 Å². The third-order valence-electron chi connectivity index (χ3n) is 2.09. The molecule has 6 heteroatoms. The highest BCUT2D eigenvalue weighted by molar-refractivity contribution is 5.77. The Morgan fingerprint density at radius 3 is 2.44 bits per heavy atom. The average Bonchev–Trinajstić information content (AvgIpc) is 2.27. The van der Waals surface area contributed by atoms with Gasteiger partial charge in [0.05, 0.1) is 11.9 Å². The number of hydrogen-bond acceptors (Lipinski definition) is 5. The highest BCUT2D eigenvalue weighted by Crippen LogP contribution is 2.16. The van der Waals surface area contributed by atoms with Crippen LogP contribution in [-0.2, 0) is 15.1 Å². The van der Waals surface area contributed by atoms with E-state index in [1.165, 1.54) is 25.5 Å². The number of aromatic nitrogens is 2. The lowest BCUT2D eigenvalue weighted by Gasteiger charge is -2.26. The summed E-state index contributed by atoms with van der Waals surface area (Å²) in [7, 11) is 0. The van der Waals surface area contributed by atoms with Gasteiger partial charge in [0.1, 0.15) is 11.1 Å². The lowest BCUT2D eigenvalue weighted by Crippen LogP contribution is -2.47. The Hall–Kier alpha value is -1.98. The SMILES string of the molecule is CC(C)(C)OC(=O)NC(C)(C=O)c1cnccn1. The molecular weight excluding hydrogens is 234 g/mol. The van der Waals surface area contributed by atoms with Crippen molar-refractivity contribution in [1.82, 2.24) is 15.3 Å². The number of aldehydes is 1. The van der Waals surface area contributed by atoms with E-state index < -0.39 is 17.2 Å². The number of rotatable bonds is 3. The molecule has 1 unspecified atom stereocenters. The van der Waals surface area contributed by atoms with Crippen LogP contribution in [0.4, 0.5) is 4.79 Å². The largest absolute Gasteiger partial charge is 0.444 e. The van der Waals surface area contributed by atoms with Crippen LogP contribution in [0.3, 0.4) is 0 Å². The summed E-state index contributed by atoms with van der Waals surface area (Å²) in [5.41, 5.74) is -1.53. The Morgan fingerprint density at radius 1 is 1.33 bits per heavy atom. The van der Waals surface area contributed by atoms with Crippen LogP contribution in [0.15, 0.2) is 18.6 Å². The summed E-state index contributed by atoms with van der Waals surface area (Å²) >= 11 is 0. The fraction of sp³-hybridized carbons (Fsp3) is 0.500. The zero-order valence-corrected chi connectivity index (χ0v) is 10.9. The van der Waals surface area contributed by atoms with E-state index in [2.05, 4.69) is 15.3 Å². The molecule has 0 aliphatic rings. The summed E-state index contributed by atoms with van der Waals surface area (Å²) in [5.74, 6) is 0. The number of amides is 1. The number of carbonyl (C=O) groups excluding carboxylic acids is 2. The molecule has 0 aliphatic heterocycles. The molecule has 0 aliphatic carbocycles. The molecule has 0 fully saturated rings. The van der Waals surface area contributed by atoms with Gasteiger partial charge >= 0.3 is 6.09 Å². The van der Waals surface area contributed by atoms with Crippen LogP contribution in [0, 0.1) is 0 Å².